The molecule has 0 spiro atoms. The summed E-state index contributed by atoms with van der Waals surface area (Å²) in [5.41, 5.74) is 5.46. The molecule has 3 N–H and O–H groups in total. The van der Waals surface area contributed by atoms with Crippen LogP contribution >= 0.6 is 11.8 Å². The SMILES string of the molecule is CC1(C)CN(C(CN)C(=O)O)CCS1. The van der Waals surface area contributed by atoms with Gasteiger partial charge in [0.15, 0.2) is 0 Å². The zero-order chi connectivity index (χ0) is 10.8. The van der Waals surface area contributed by atoms with Crippen molar-refractivity contribution in [2.24, 2.45) is 5.73 Å². The van der Waals surface area contributed by atoms with Gasteiger partial charge in [0.2, 0.25) is 0 Å². The summed E-state index contributed by atoms with van der Waals surface area (Å²) in [6.45, 7) is 6.09. The Hall–Kier alpha value is -0.260. The van der Waals surface area contributed by atoms with Gasteiger partial charge in [-0.1, -0.05) is 0 Å². The summed E-state index contributed by atoms with van der Waals surface area (Å²) in [7, 11) is 0. The van der Waals surface area contributed by atoms with E-state index in [0.29, 0.717) is 0 Å². The Kier molecular flexibility index (Phi) is 3.80. The molecule has 1 unspecified atom stereocenters. The van der Waals surface area contributed by atoms with Gasteiger partial charge in [0.1, 0.15) is 6.04 Å². The van der Waals surface area contributed by atoms with Gasteiger partial charge in [-0.2, -0.15) is 11.8 Å². The van der Waals surface area contributed by atoms with Crippen LogP contribution in [0.25, 0.3) is 0 Å². The van der Waals surface area contributed by atoms with E-state index in [1.165, 1.54) is 0 Å². The predicted molar refractivity (Wildman–Crippen MR) is 58.6 cm³/mol. The van der Waals surface area contributed by atoms with Crippen LogP contribution in [-0.2, 0) is 4.79 Å². The number of hydrogen-bond acceptors (Lipinski definition) is 4. The lowest BCUT2D eigenvalue weighted by Crippen LogP contribution is -2.53. The molecule has 0 aliphatic carbocycles. The van der Waals surface area contributed by atoms with Crippen LogP contribution in [0.5, 0.6) is 0 Å². The lowest BCUT2D eigenvalue weighted by molar-refractivity contribution is -0.143. The molecule has 14 heavy (non-hydrogen) atoms. The van der Waals surface area contributed by atoms with Crippen LogP contribution < -0.4 is 5.73 Å². The maximum absolute atomic E-state index is 10.9. The van der Waals surface area contributed by atoms with Crippen molar-refractivity contribution in [1.82, 2.24) is 4.90 Å². The third-order valence-electron chi connectivity index (χ3n) is 2.40. The topological polar surface area (TPSA) is 66.6 Å². The highest BCUT2D eigenvalue weighted by Crippen LogP contribution is 2.30. The van der Waals surface area contributed by atoms with Crippen LogP contribution in [-0.4, -0.2) is 52.2 Å². The molecule has 0 bridgehead atoms. The highest BCUT2D eigenvalue weighted by atomic mass is 32.2. The Morgan fingerprint density at radius 1 is 1.71 bits per heavy atom. The van der Waals surface area contributed by atoms with Crippen molar-refractivity contribution >= 4 is 17.7 Å². The van der Waals surface area contributed by atoms with E-state index in [1.54, 1.807) is 0 Å². The van der Waals surface area contributed by atoms with Gasteiger partial charge in [-0.15, -0.1) is 0 Å². The predicted octanol–water partition coefficient (Wildman–Crippen LogP) is 0.226. The fourth-order valence-corrected chi connectivity index (χ4v) is 2.86. The maximum Gasteiger partial charge on any atom is 0.322 e. The lowest BCUT2D eigenvalue weighted by Gasteiger charge is -2.40. The molecule has 1 atom stereocenters. The molecule has 0 saturated carbocycles. The Morgan fingerprint density at radius 3 is 2.79 bits per heavy atom. The molecule has 0 aromatic heterocycles. The van der Waals surface area contributed by atoms with E-state index in [1.807, 2.05) is 16.7 Å². The molecule has 4 nitrogen and oxygen atoms in total. The summed E-state index contributed by atoms with van der Waals surface area (Å²) in [5.74, 6) is 0.173. The zero-order valence-electron chi connectivity index (χ0n) is 8.69. The number of nitrogens with zero attached hydrogens (tertiary/aromatic N) is 1. The zero-order valence-corrected chi connectivity index (χ0v) is 9.51. The van der Waals surface area contributed by atoms with Crippen LogP contribution in [0.15, 0.2) is 0 Å². The first-order chi connectivity index (χ1) is 6.46. The van der Waals surface area contributed by atoms with Crippen LogP contribution in [0.4, 0.5) is 0 Å². The number of rotatable bonds is 3. The Labute approximate surface area is 88.8 Å². The minimum atomic E-state index is -0.810. The van der Waals surface area contributed by atoms with Crippen molar-refractivity contribution in [2.45, 2.75) is 24.6 Å². The second kappa shape index (κ2) is 4.51. The normalized spacial score (nSPS) is 24.5. The minimum Gasteiger partial charge on any atom is -0.480 e. The van der Waals surface area contributed by atoms with E-state index < -0.39 is 12.0 Å². The van der Waals surface area contributed by atoms with Gasteiger partial charge in [0, 0.05) is 30.1 Å². The highest BCUT2D eigenvalue weighted by Gasteiger charge is 2.33. The second-order valence-electron chi connectivity index (χ2n) is 4.17. The quantitative estimate of drug-likeness (QED) is 0.709. The first kappa shape index (κ1) is 11.8. The average molecular weight is 218 g/mol. The van der Waals surface area contributed by atoms with Gasteiger partial charge in [-0.3, -0.25) is 9.69 Å². The van der Waals surface area contributed by atoms with E-state index in [0.717, 1.165) is 18.8 Å². The number of thioether (sulfide) groups is 1. The van der Waals surface area contributed by atoms with Crippen molar-refractivity contribution < 1.29 is 9.90 Å². The molecule has 1 aliphatic heterocycles. The van der Waals surface area contributed by atoms with Gasteiger partial charge >= 0.3 is 5.97 Å². The first-order valence-electron chi connectivity index (χ1n) is 4.77. The largest absolute Gasteiger partial charge is 0.480 e. The molecule has 0 aromatic carbocycles. The Balaban J connectivity index is 2.62. The molecule has 1 fully saturated rings. The Bertz CT molecular complexity index is 221. The molecule has 0 radical (unpaired) electrons. The van der Waals surface area contributed by atoms with Crippen molar-refractivity contribution in [2.75, 3.05) is 25.4 Å². The number of carbonyl (C=O) groups is 1. The molecular weight excluding hydrogens is 200 g/mol. The van der Waals surface area contributed by atoms with Gasteiger partial charge in [-0.05, 0) is 13.8 Å². The van der Waals surface area contributed by atoms with Gasteiger partial charge in [0.25, 0.3) is 0 Å². The van der Waals surface area contributed by atoms with Crippen LogP contribution in [0, 0.1) is 0 Å². The first-order valence-corrected chi connectivity index (χ1v) is 5.76. The summed E-state index contributed by atoms with van der Waals surface area (Å²) >= 11 is 1.89. The standard InChI is InChI=1S/C9H18N2O2S/c1-9(2)6-11(3-4-14-9)7(5-10)8(12)13/h7H,3-6,10H2,1-2H3,(H,12,13). The van der Waals surface area contributed by atoms with E-state index in [-0.39, 0.29) is 11.3 Å². The van der Waals surface area contributed by atoms with E-state index in [9.17, 15) is 4.79 Å². The van der Waals surface area contributed by atoms with Crippen LogP contribution in [0.1, 0.15) is 13.8 Å². The molecule has 1 saturated heterocycles. The van der Waals surface area contributed by atoms with Crippen molar-refractivity contribution in [3.63, 3.8) is 0 Å². The van der Waals surface area contributed by atoms with Crippen LogP contribution in [0.2, 0.25) is 0 Å². The van der Waals surface area contributed by atoms with E-state index in [2.05, 4.69) is 13.8 Å². The number of nitrogens with two attached hydrogens (primary N) is 1. The highest BCUT2D eigenvalue weighted by molar-refractivity contribution is 8.00. The number of hydrogen-bond donors (Lipinski definition) is 2. The third-order valence-corrected chi connectivity index (χ3v) is 3.70. The van der Waals surface area contributed by atoms with Crippen molar-refractivity contribution in [3.05, 3.63) is 0 Å². The number of carboxylic acid groups (broad SMARTS) is 1. The van der Waals surface area contributed by atoms with Gasteiger partial charge < -0.3 is 10.8 Å². The van der Waals surface area contributed by atoms with Gasteiger partial charge in [0.05, 0.1) is 0 Å². The minimum absolute atomic E-state index is 0.140. The fraction of sp³-hybridized carbons (Fsp3) is 0.889. The summed E-state index contributed by atoms with van der Waals surface area (Å²) in [6.07, 6.45) is 0. The maximum atomic E-state index is 10.9. The molecule has 1 rings (SSSR count). The van der Waals surface area contributed by atoms with Crippen molar-refractivity contribution in [3.8, 4) is 0 Å². The smallest absolute Gasteiger partial charge is 0.322 e. The fourth-order valence-electron chi connectivity index (χ4n) is 1.73. The van der Waals surface area contributed by atoms with Gasteiger partial charge in [-0.25, -0.2) is 0 Å². The van der Waals surface area contributed by atoms with E-state index in [4.69, 9.17) is 10.8 Å². The molecule has 5 heteroatoms. The van der Waals surface area contributed by atoms with Crippen molar-refractivity contribution in [1.29, 1.82) is 0 Å². The molecular formula is C9H18N2O2S. The second-order valence-corrected chi connectivity index (χ2v) is 5.97. The summed E-state index contributed by atoms with van der Waals surface area (Å²) in [5, 5.41) is 8.97. The number of carboxylic acids is 1. The lowest BCUT2D eigenvalue weighted by atomic mass is 10.1. The molecule has 1 heterocycles. The van der Waals surface area contributed by atoms with Crippen LogP contribution in [0.3, 0.4) is 0 Å². The molecule has 0 aromatic rings. The molecule has 82 valence electrons. The molecule has 0 amide bonds. The van der Waals surface area contributed by atoms with E-state index >= 15 is 0 Å². The summed E-state index contributed by atoms with van der Waals surface area (Å²) < 4.78 is 0.140. The average Bonchev–Trinajstić information content (AvgIpc) is 2.02. The summed E-state index contributed by atoms with van der Waals surface area (Å²) in [4.78, 5) is 12.9. The Morgan fingerprint density at radius 2 is 2.36 bits per heavy atom. The number of aliphatic carboxylic acids is 1. The summed E-state index contributed by atoms with van der Waals surface area (Å²) in [6, 6.07) is -0.518. The molecule has 1 aliphatic rings. The monoisotopic (exact) mass is 218 g/mol. The third kappa shape index (κ3) is 2.87.